The minimum atomic E-state index is -0.123. The fraction of sp³-hybridized carbons (Fsp3) is 0.625. The Balaban J connectivity index is 2.53. The Bertz CT molecular complexity index is 420. The van der Waals surface area contributed by atoms with Crippen molar-refractivity contribution in [2.45, 2.75) is 33.6 Å². The summed E-state index contributed by atoms with van der Waals surface area (Å²) in [5, 5.41) is 2.93. The Morgan fingerprint density at radius 3 is 2.76 bits per heavy atom. The molecule has 0 radical (unpaired) electrons. The van der Waals surface area contributed by atoms with Gasteiger partial charge in [0.05, 0.1) is 6.61 Å². The molecule has 0 aliphatic carbocycles. The first-order valence-electron chi connectivity index (χ1n) is 7.81. The summed E-state index contributed by atoms with van der Waals surface area (Å²) in [6, 6.07) is 3.51. The second-order valence-corrected chi connectivity index (χ2v) is 4.84. The van der Waals surface area contributed by atoms with Gasteiger partial charge in [-0.2, -0.15) is 0 Å². The summed E-state index contributed by atoms with van der Waals surface area (Å²) in [6.45, 7) is 10.4. The Hall–Kier alpha value is -1.62. The number of nitrogens with one attached hydrogen (secondary N) is 1. The molecule has 0 fully saturated rings. The number of amides is 1. The van der Waals surface area contributed by atoms with Gasteiger partial charge >= 0.3 is 0 Å². The molecule has 0 spiro atoms. The average Bonchev–Trinajstić information content (AvgIpc) is 2.52. The second-order valence-electron chi connectivity index (χ2n) is 4.84. The molecule has 0 bridgehead atoms. The molecule has 0 saturated heterocycles. The first-order chi connectivity index (χ1) is 10.2. The summed E-state index contributed by atoms with van der Waals surface area (Å²) in [5.74, 6) is 0.299. The van der Waals surface area contributed by atoms with E-state index >= 15 is 0 Å². The molecule has 0 saturated carbocycles. The fourth-order valence-corrected chi connectivity index (χ4v) is 1.95. The van der Waals surface area contributed by atoms with E-state index < -0.39 is 0 Å². The van der Waals surface area contributed by atoms with Gasteiger partial charge in [0.1, 0.15) is 5.56 Å². The Kier molecular flexibility index (Phi) is 8.43. The minimum absolute atomic E-state index is 0.123. The summed E-state index contributed by atoms with van der Waals surface area (Å²) in [7, 11) is 0. The molecular formula is C16H27N3O2. The molecule has 1 rings (SSSR count). The lowest BCUT2D eigenvalue weighted by Crippen LogP contribution is -2.35. The zero-order valence-electron chi connectivity index (χ0n) is 13.4. The number of likely N-dealkylation sites (N-methyl/N-ethyl adjacent to an activating group) is 1. The highest BCUT2D eigenvalue weighted by atomic mass is 16.5. The highest BCUT2D eigenvalue weighted by molar-refractivity contribution is 5.96. The third kappa shape index (κ3) is 6.12. The molecule has 0 atom stereocenters. The third-order valence-corrected chi connectivity index (χ3v) is 3.36. The third-order valence-electron chi connectivity index (χ3n) is 3.36. The SMILES string of the molecule is CCCCOc1ncccc1C(=O)NCCN(CC)CC. The first-order valence-corrected chi connectivity index (χ1v) is 7.81. The van der Waals surface area contributed by atoms with Crippen LogP contribution in [0.2, 0.25) is 0 Å². The zero-order valence-corrected chi connectivity index (χ0v) is 13.4. The molecule has 0 aliphatic heterocycles. The summed E-state index contributed by atoms with van der Waals surface area (Å²) < 4.78 is 5.59. The summed E-state index contributed by atoms with van der Waals surface area (Å²) in [4.78, 5) is 18.6. The van der Waals surface area contributed by atoms with Crippen LogP contribution in [0.4, 0.5) is 0 Å². The van der Waals surface area contributed by atoms with Gasteiger partial charge in [-0.3, -0.25) is 4.79 Å². The van der Waals surface area contributed by atoms with E-state index in [1.54, 1.807) is 18.3 Å². The van der Waals surface area contributed by atoms with E-state index in [1.807, 2.05) is 0 Å². The Morgan fingerprint density at radius 2 is 2.10 bits per heavy atom. The number of ether oxygens (including phenoxy) is 1. The number of carbonyl (C=O) groups excluding carboxylic acids is 1. The number of aromatic nitrogens is 1. The van der Waals surface area contributed by atoms with E-state index in [0.717, 1.165) is 32.5 Å². The summed E-state index contributed by atoms with van der Waals surface area (Å²) in [6.07, 6.45) is 3.66. The maximum atomic E-state index is 12.2. The largest absolute Gasteiger partial charge is 0.477 e. The molecule has 1 amide bonds. The van der Waals surface area contributed by atoms with E-state index in [0.29, 0.717) is 24.6 Å². The predicted octanol–water partition coefficient (Wildman–Crippen LogP) is 2.33. The highest BCUT2D eigenvalue weighted by Gasteiger charge is 2.13. The van der Waals surface area contributed by atoms with Gasteiger partial charge < -0.3 is 15.0 Å². The number of hydrogen-bond donors (Lipinski definition) is 1. The van der Waals surface area contributed by atoms with Crippen LogP contribution in [0.3, 0.4) is 0 Å². The molecule has 5 heteroatoms. The molecule has 0 aliphatic rings. The smallest absolute Gasteiger partial charge is 0.256 e. The fourth-order valence-electron chi connectivity index (χ4n) is 1.95. The number of carbonyl (C=O) groups is 1. The lowest BCUT2D eigenvalue weighted by molar-refractivity contribution is 0.0944. The lowest BCUT2D eigenvalue weighted by Gasteiger charge is -2.18. The molecule has 1 heterocycles. The highest BCUT2D eigenvalue weighted by Crippen LogP contribution is 2.14. The van der Waals surface area contributed by atoms with Gasteiger partial charge in [-0.1, -0.05) is 27.2 Å². The van der Waals surface area contributed by atoms with Crippen molar-refractivity contribution in [1.29, 1.82) is 0 Å². The molecule has 0 aromatic carbocycles. The number of hydrogen-bond acceptors (Lipinski definition) is 4. The first kappa shape index (κ1) is 17.4. The Labute approximate surface area is 127 Å². The minimum Gasteiger partial charge on any atom is -0.477 e. The van der Waals surface area contributed by atoms with E-state index in [9.17, 15) is 4.79 Å². The maximum Gasteiger partial charge on any atom is 0.256 e. The number of rotatable bonds is 10. The molecule has 1 N–H and O–H groups in total. The summed E-state index contributed by atoms with van der Waals surface area (Å²) in [5.41, 5.74) is 0.508. The number of pyridine rings is 1. The number of unbranched alkanes of at least 4 members (excludes halogenated alkanes) is 1. The van der Waals surface area contributed by atoms with E-state index in [4.69, 9.17) is 4.74 Å². The zero-order chi connectivity index (χ0) is 15.5. The van der Waals surface area contributed by atoms with Gasteiger partial charge in [0.15, 0.2) is 0 Å². The standard InChI is InChI=1S/C16H27N3O2/c1-4-7-13-21-16-14(9-8-10-18-16)15(20)17-11-12-19(5-2)6-3/h8-10H,4-7,11-13H2,1-3H3,(H,17,20). The van der Waals surface area contributed by atoms with Crippen molar-refractivity contribution in [1.82, 2.24) is 15.2 Å². The quantitative estimate of drug-likeness (QED) is 0.673. The van der Waals surface area contributed by atoms with E-state index in [-0.39, 0.29) is 5.91 Å². The monoisotopic (exact) mass is 293 g/mol. The average molecular weight is 293 g/mol. The van der Waals surface area contributed by atoms with Crippen LogP contribution in [0, 0.1) is 0 Å². The van der Waals surface area contributed by atoms with Crippen molar-refractivity contribution in [2.75, 3.05) is 32.8 Å². The van der Waals surface area contributed by atoms with E-state index in [2.05, 4.69) is 36.0 Å². The molecule has 118 valence electrons. The molecule has 1 aromatic heterocycles. The van der Waals surface area contributed by atoms with Crippen molar-refractivity contribution >= 4 is 5.91 Å². The van der Waals surface area contributed by atoms with Crippen LogP contribution >= 0.6 is 0 Å². The van der Waals surface area contributed by atoms with Crippen LogP contribution in [0.5, 0.6) is 5.88 Å². The van der Waals surface area contributed by atoms with Crippen LogP contribution in [0.15, 0.2) is 18.3 Å². The van der Waals surface area contributed by atoms with Crippen molar-refractivity contribution in [3.05, 3.63) is 23.9 Å². The Morgan fingerprint density at radius 1 is 1.33 bits per heavy atom. The number of nitrogens with zero attached hydrogens (tertiary/aromatic N) is 2. The maximum absolute atomic E-state index is 12.2. The van der Waals surface area contributed by atoms with Gasteiger partial charge in [0, 0.05) is 19.3 Å². The van der Waals surface area contributed by atoms with Crippen molar-refractivity contribution in [3.63, 3.8) is 0 Å². The van der Waals surface area contributed by atoms with Crippen molar-refractivity contribution in [2.24, 2.45) is 0 Å². The van der Waals surface area contributed by atoms with Crippen LogP contribution in [0.1, 0.15) is 44.0 Å². The lowest BCUT2D eigenvalue weighted by atomic mass is 10.2. The van der Waals surface area contributed by atoms with Gasteiger partial charge in [-0.05, 0) is 31.6 Å². The molecule has 1 aromatic rings. The van der Waals surface area contributed by atoms with Crippen molar-refractivity contribution < 1.29 is 9.53 Å². The second kappa shape index (κ2) is 10.2. The van der Waals surface area contributed by atoms with Crippen LogP contribution in [0.25, 0.3) is 0 Å². The van der Waals surface area contributed by atoms with Crippen LogP contribution < -0.4 is 10.1 Å². The van der Waals surface area contributed by atoms with Gasteiger partial charge in [-0.25, -0.2) is 4.98 Å². The van der Waals surface area contributed by atoms with Crippen molar-refractivity contribution in [3.8, 4) is 5.88 Å². The predicted molar refractivity (Wildman–Crippen MR) is 84.8 cm³/mol. The summed E-state index contributed by atoms with van der Waals surface area (Å²) >= 11 is 0. The van der Waals surface area contributed by atoms with Gasteiger partial charge in [0.2, 0.25) is 5.88 Å². The van der Waals surface area contributed by atoms with Gasteiger partial charge in [0.25, 0.3) is 5.91 Å². The topological polar surface area (TPSA) is 54.5 Å². The molecule has 5 nitrogen and oxygen atoms in total. The normalized spacial score (nSPS) is 10.7. The molecule has 0 unspecified atom stereocenters. The van der Waals surface area contributed by atoms with Crippen LogP contribution in [-0.2, 0) is 0 Å². The van der Waals surface area contributed by atoms with Crippen LogP contribution in [-0.4, -0.2) is 48.6 Å². The molecular weight excluding hydrogens is 266 g/mol. The molecule has 21 heavy (non-hydrogen) atoms. The van der Waals surface area contributed by atoms with E-state index in [1.165, 1.54) is 0 Å². The van der Waals surface area contributed by atoms with Gasteiger partial charge in [-0.15, -0.1) is 0 Å².